The molecular formula is C14H25N3OS. The average molecular weight is 283 g/mol. The third-order valence-corrected chi connectivity index (χ3v) is 4.41. The van der Waals surface area contributed by atoms with Crippen LogP contribution in [0, 0.1) is 0 Å². The second kappa shape index (κ2) is 7.33. The van der Waals surface area contributed by atoms with E-state index in [-0.39, 0.29) is 0 Å². The number of likely N-dealkylation sites (tertiary alicyclic amines) is 1. The molecule has 0 unspecified atom stereocenters. The minimum Gasteiger partial charge on any atom is -0.381 e. The topological polar surface area (TPSA) is 37.4 Å². The zero-order valence-electron chi connectivity index (χ0n) is 12.2. The van der Waals surface area contributed by atoms with Gasteiger partial charge < -0.3 is 10.1 Å². The van der Waals surface area contributed by atoms with Crippen molar-refractivity contribution in [1.82, 2.24) is 15.2 Å². The molecule has 1 aliphatic rings. The maximum absolute atomic E-state index is 5.40. The number of hydrogen-bond acceptors (Lipinski definition) is 5. The Morgan fingerprint density at radius 2 is 2.21 bits per heavy atom. The third-order valence-electron chi connectivity index (χ3n) is 3.51. The van der Waals surface area contributed by atoms with Crippen LogP contribution >= 0.6 is 11.3 Å². The number of nitrogens with zero attached hydrogens (tertiary/aromatic N) is 2. The Labute approximate surface area is 120 Å². The maximum atomic E-state index is 5.40. The smallest absolute Gasteiger partial charge is 0.107 e. The van der Waals surface area contributed by atoms with Crippen LogP contribution in [0.25, 0.3) is 0 Å². The van der Waals surface area contributed by atoms with E-state index in [0.29, 0.717) is 12.1 Å². The molecule has 0 saturated carbocycles. The Balaban J connectivity index is 1.77. The molecule has 1 fully saturated rings. The monoisotopic (exact) mass is 283 g/mol. The lowest BCUT2D eigenvalue weighted by atomic mass is 10.1. The van der Waals surface area contributed by atoms with E-state index < -0.39 is 0 Å². The first-order valence-corrected chi connectivity index (χ1v) is 7.97. The number of nitrogens with one attached hydrogen (secondary N) is 1. The predicted octanol–water partition coefficient (Wildman–Crippen LogP) is 2.25. The van der Waals surface area contributed by atoms with Crippen LogP contribution in [0.15, 0.2) is 5.38 Å². The van der Waals surface area contributed by atoms with Crippen molar-refractivity contribution in [3.8, 4) is 0 Å². The van der Waals surface area contributed by atoms with Crippen molar-refractivity contribution in [1.29, 1.82) is 0 Å². The zero-order chi connectivity index (χ0) is 13.7. The minimum atomic E-state index is 0.456. The fourth-order valence-corrected chi connectivity index (χ4v) is 3.06. The normalized spacial score (nSPS) is 18.3. The molecular weight excluding hydrogens is 258 g/mol. The Morgan fingerprint density at radius 3 is 2.84 bits per heavy atom. The summed E-state index contributed by atoms with van der Waals surface area (Å²) >= 11 is 1.76. The lowest BCUT2D eigenvalue weighted by Crippen LogP contribution is -2.36. The van der Waals surface area contributed by atoms with Crippen molar-refractivity contribution in [3.05, 3.63) is 16.1 Å². The molecule has 2 heterocycles. The second-order valence-corrected chi connectivity index (χ2v) is 6.42. The van der Waals surface area contributed by atoms with Crippen LogP contribution in [0.4, 0.5) is 0 Å². The van der Waals surface area contributed by atoms with Crippen LogP contribution in [0.1, 0.15) is 37.4 Å². The summed E-state index contributed by atoms with van der Waals surface area (Å²) in [4.78, 5) is 7.18. The first kappa shape index (κ1) is 14.9. The number of rotatable bonds is 6. The van der Waals surface area contributed by atoms with Crippen molar-refractivity contribution in [2.24, 2.45) is 0 Å². The molecule has 0 spiro atoms. The highest BCUT2D eigenvalue weighted by atomic mass is 32.1. The largest absolute Gasteiger partial charge is 0.381 e. The van der Waals surface area contributed by atoms with E-state index in [0.717, 1.165) is 39.0 Å². The molecule has 5 heteroatoms. The van der Waals surface area contributed by atoms with Crippen molar-refractivity contribution < 1.29 is 4.74 Å². The molecule has 0 amide bonds. The molecule has 1 aromatic heterocycles. The predicted molar refractivity (Wildman–Crippen MR) is 79.4 cm³/mol. The van der Waals surface area contributed by atoms with Gasteiger partial charge in [0.05, 0.1) is 11.8 Å². The standard InChI is InChI=1S/C14H25N3OS/c1-11(2)15-8-14-16-12(10-19-14)9-17-6-4-13(18-3)5-7-17/h10-11,13,15H,4-9H2,1-3H3. The molecule has 0 bridgehead atoms. The van der Waals surface area contributed by atoms with Gasteiger partial charge in [0.25, 0.3) is 0 Å². The highest BCUT2D eigenvalue weighted by molar-refractivity contribution is 7.09. The molecule has 1 aromatic rings. The van der Waals surface area contributed by atoms with E-state index in [4.69, 9.17) is 9.72 Å². The molecule has 19 heavy (non-hydrogen) atoms. The van der Waals surface area contributed by atoms with Gasteiger partial charge in [-0.15, -0.1) is 11.3 Å². The van der Waals surface area contributed by atoms with E-state index in [2.05, 4.69) is 29.4 Å². The highest BCUT2D eigenvalue weighted by Gasteiger charge is 2.19. The maximum Gasteiger partial charge on any atom is 0.107 e. The molecule has 0 atom stereocenters. The third kappa shape index (κ3) is 4.84. The van der Waals surface area contributed by atoms with Crippen LogP contribution in [0.2, 0.25) is 0 Å². The molecule has 1 N–H and O–H groups in total. The van der Waals surface area contributed by atoms with Crippen molar-refractivity contribution in [3.63, 3.8) is 0 Å². The number of piperidine rings is 1. The number of thiazole rings is 1. The van der Waals surface area contributed by atoms with Crippen molar-refractivity contribution in [2.45, 2.75) is 51.9 Å². The minimum absolute atomic E-state index is 0.456. The Hall–Kier alpha value is -0.490. The lowest BCUT2D eigenvalue weighted by molar-refractivity contribution is 0.0385. The Kier molecular flexibility index (Phi) is 5.76. The average Bonchev–Trinajstić information content (AvgIpc) is 2.85. The molecule has 108 valence electrons. The summed E-state index contributed by atoms with van der Waals surface area (Å²) in [5.41, 5.74) is 1.21. The number of methoxy groups -OCH3 is 1. The molecule has 2 rings (SSSR count). The van der Waals surface area contributed by atoms with Gasteiger partial charge in [0.1, 0.15) is 5.01 Å². The summed E-state index contributed by atoms with van der Waals surface area (Å²) in [6.45, 7) is 8.43. The SMILES string of the molecule is COC1CCN(Cc2csc(CNC(C)C)n2)CC1. The van der Waals surface area contributed by atoms with Gasteiger partial charge >= 0.3 is 0 Å². The van der Waals surface area contributed by atoms with Gasteiger partial charge in [-0.25, -0.2) is 4.98 Å². The molecule has 1 saturated heterocycles. The molecule has 0 aliphatic carbocycles. The Bertz CT molecular complexity index is 373. The summed E-state index contributed by atoms with van der Waals surface area (Å²) in [7, 11) is 1.81. The van der Waals surface area contributed by atoms with Crippen molar-refractivity contribution >= 4 is 11.3 Å². The van der Waals surface area contributed by atoms with E-state index in [1.54, 1.807) is 11.3 Å². The summed E-state index contributed by atoms with van der Waals surface area (Å²) in [5.74, 6) is 0. The van der Waals surface area contributed by atoms with E-state index >= 15 is 0 Å². The van der Waals surface area contributed by atoms with Crippen LogP contribution in [0.5, 0.6) is 0 Å². The van der Waals surface area contributed by atoms with E-state index in [1.165, 1.54) is 10.7 Å². The molecule has 0 radical (unpaired) electrons. The van der Waals surface area contributed by atoms with Gasteiger partial charge in [0, 0.05) is 44.7 Å². The van der Waals surface area contributed by atoms with Gasteiger partial charge in [-0.3, -0.25) is 4.90 Å². The number of hydrogen-bond donors (Lipinski definition) is 1. The van der Waals surface area contributed by atoms with Gasteiger partial charge in [-0.05, 0) is 12.8 Å². The second-order valence-electron chi connectivity index (χ2n) is 5.48. The van der Waals surface area contributed by atoms with E-state index in [9.17, 15) is 0 Å². The van der Waals surface area contributed by atoms with E-state index in [1.807, 2.05) is 7.11 Å². The highest BCUT2D eigenvalue weighted by Crippen LogP contribution is 2.17. The lowest BCUT2D eigenvalue weighted by Gasteiger charge is -2.30. The summed E-state index contributed by atoms with van der Waals surface area (Å²) in [6.07, 6.45) is 2.74. The fraction of sp³-hybridized carbons (Fsp3) is 0.786. The summed E-state index contributed by atoms with van der Waals surface area (Å²) in [6, 6.07) is 0.514. The van der Waals surface area contributed by atoms with Gasteiger partial charge in [-0.2, -0.15) is 0 Å². The first-order chi connectivity index (χ1) is 9.17. The summed E-state index contributed by atoms with van der Waals surface area (Å²) < 4.78 is 5.40. The number of aromatic nitrogens is 1. The van der Waals surface area contributed by atoms with Gasteiger partial charge in [0.15, 0.2) is 0 Å². The number of ether oxygens (including phenoxy) is 1. The first-order valence-electron chi connectivity index (χ1n) is 7.09. The van der Waals surface area contributed by atoms with Crippen molar-refractivity contribution in [2.75, 3.05) is 20.2 Å². The zero-order valence-corrected chi connectivity index (χ0v) is 13.0. The Morgan fingerprint density at radius 1 is 1.47 bits per heavy atom. The summed E-state index contributed by atoms with van der Waals surface area (Å²) in [5, 5.41) is 6.79. The van der Waals surface area contributed by atoms with Crippen LogP contribution < -0.4 is 5.32 Å². The van der Waals surface area contributed by atoms with Gasteiger partial charge in [-0.1, -0.05) is 13.8 Å². The molecule has 1 aliphatic heterocycles. The molecule has 0 aromatic carbocycles. The molecule has 4 nitrogen and oxygen atoms in total. The fourth-order valence-electron chi connectivity index (χ4n) is 2.33. The van der Waals surface area contributed by atoms with Crippen LogP contribution in [-0.4, -0.2) is 42.2 Å². The van der Waals surface area contributed by atoms with Crippen LogP contribution in [0.3, 0.4) is 0 Å². The van der Waals surface area contributed by atoms with Gasteiger partial charge in [0.2, 0.25) is 0 Å². The quantitative estimate of drug-likeness (QED) is 0.869. The van der Waals surface area contributed by atoms with Crippen LogP contribution in [-0.2, 0) is 17.8 Å².